The van der Waals surface area contributed by atoms with Crippen LogP contribution < -0.4 is 5.46 Å². The molecule has 4 aromatic rings. The summed E-state index contributed by atoms with van der Waals surface area (Å²) in [6, 6.07) is 24.5. The minimum absolute atomic E-state index is 0.00869. The summed E-state index contributed by atoms with van der Waals surface area (Å²) in [5.41, 5.74) is 11.8. The largest absolute Gasteiger partial charge is 0.114 e. The molecule has 4 aromatic carbocycles. The first-order valence-corrected chi connectivity index (χ1v) is 10.4. The van der Waals surface area contributed by atoms with Crippen molar-refractivity contribution in [3.05, 3.63) is 89.0 Å². The molecule has 0 aliphatic heterocycles. The number of rotatable bonds is 0. The fourth-order valence-corrected chi connectivity index (χ4v) is 5.90. The van der Waals surface area contributed by atoms with Gasteiger partial charge in [-0.3, -0.25) is 0 Å². The van der Waals surface area contributed by atoms with Gasteiger partial charge in [0.15, 0.2) is 0 Å². The topological polar surface area (TPSA) is 0 Å². The van der Waals surface area contributed by atoms with Crippen molar-refractivity contribution in [2.45, 2.75) is 38.5 Å². The van der Waals surface area contributed by atoms with Gasteiger partial charge in [-0.2, -0.15) is 0 Å². The van der Waals surface area contributed by atoms with Crippen LogP contribution in [0.5, 0.6) is 0 Å². The molecule has 138 valence electrons. The van der Waals surface area contributed by atoms with Crippen LogP contribution in [-0.2, 0) is 10.8 Å². The maximum atomic E-state index is 6.67. The molecule has 0 fully saturated rings. The SMILES string of the molecule is [B]c1cc2c(c3c4c(ccc13)C(C)(C)c1ccccc1-4)-c1ccccc1C2(C)C. The smallest absolute Gasteiger partial charge is 0.0886 e. The summed E-state index contributed by atoms with van der Waals surface area (Å²) in [6.07, 6.45) is 0. The molecule has 0 amide bonds. The summed E-state index contributed by atoms with van der Waals surface area (Å²) >= 11 is 0. The second kappa shape index (κ2) is 5.22. The third-order valence-corrected chi connectivity index (χ3v) is 7.42. The Morgan fingerprint density at radius 2 is 1.10 bits per heavy atom. The summed E-state index contributed by atoms with van der Waals surface area (Å²) in [5, 5.41) is 2.50. The quantitative estimate of drug-likeness (QED) is 0.321. The van der Waals surface area contributed by atoms with Crippen molar-refractivity contribution in [1.82, 2.24) is 0 Å². The van der Waals surface area contributed by atoms with Crippen LogP contribution >= 0.6 is 0 Å². The van der Waals surface area contributed by atoms with E-state index < -0.39 is 0 Å². The lowest BCUT2D eigenvalue weighted by Gasteiger charge is -2.24. The van der Waals surface area contributed by atoms with Gasteiger partial charge >= 0.3 is 0 Å². The van der Waals surface area contributed by atoms with Crippen molar-refractivity contribution in [2.75, 3.05) is 0 Å². The number of fused-ring (bicyclic) bond motifs is 9. The van der Waals surface area contributed by atoms with Crippen molar-refractivity contribution in [2.24, 2.45) is 0 Å². The van der Waals surface area contributed by atoms with E-state index in [1.54, 1.807) is 0 Å². The highest BCUT2D eigenvalue weighted by molar-refractivity contribution is 6.40. The lowest BCUT2D eigenvalue weighted by atomic mass is 9.76. The molecule has 0 unspecified atom stereocenters. The molecule has 2 aliphatic carbocycles. The summed E-state index contributed by atoms with van der Waals surface area (Å²) in [4.78, 5) is 0. The molecule has 0 aromatic heterocycles. The van der Waals surface area contributed by atoms with Crippen LogP contribution in [0.25, 0.3) is 33.0 Å². The van der Waals surface area contributed by atoms with Crippen LogP contribution in [0.3, 0.4) is 0 Å². The molecule has 0 spiro atoms. The zero-order valence-corrected chi connectivity index (χ0v) is 17.4. The Labute approximate surface area is 174 Å². The predicted molar refractivity (Wildman–Crippen MR) is 124 cm³/mol. The molecule has 0 saturated carbocycles. The van der Waals surface area contributed by atoms with Crippen LogP contribution in [0.15, 0.2) is 66.7 Å². The van der Waals surface area contributed by atoms with E-state index in [2.05, 4.69) is 94.4 Å². The van der Waals surface area contributed by atoms with E-state index in [1.165, 1.54) is 55.3 Å². The molecular formula is C28H23B. The number of benzene rings is 4. The lowest BCUT2D eigenvalue weighted by molar-refractivity contribution is 0.660. The summed E-state index contributed by atoms with van der Waals surface area (Å²) < 4.78 is 0. The van der Waals surface area contributed by atoms with E-state index >= 15 is 0 Å². The Morgan fingerprint density at radius 3 is 1.72 bits per heavy atom. The van der Waals surface area contributed by atoms with E-state index in [0.29, 0.717) is 0 Å². The van der Waals surface area contributed by atoms with E-state index in [4.69, 9.17) is 7.85 Å². The molecule has 29 heavy (non-hydrogen) atoms. The molecule has 2 aliphatic rings. The van der Waals surface area contributed by atoms with Gasteiger partial charge in [0, 0.05) is 10.8 Å². The predicted octanol–water partition coefficient (Wildman–Crippen LogP) is 6.25. The van der Waals surface area contributed by atoms with Gasteiger partial charge in [0.05, 0.1) is 0 Å². The number of hydrogen-bond donors (Lipinski definition) is 0. The van der Waals surface area contributed by atoms with Gasteiger partial charge in [0.1, 0.15) is 7.85 Å². The van der Waals surface area contributed by atoms with Crippen molar-refractivity contribution in [1.29, 1.82) is 0 Å². The highest BCUT2D eigenvalue weighted by Crippen LogP contribution is 2.56. The minimum Gasteiger partial charge on any atom is -0.0886 e. The summed E-state index contributed by atoms with van der Waals surface area (Å²) in [5.74, 6) is 0. The Bertz CT molecular complexity index is 1340. The molecule has 0 atom stereocenters. The molecule has 0 saturated heterocycles. The minimum atomic E-state index is -0.0510. The monoisotopic (exact) mass is 370 g/mol. The maximum Gasteiger partial charge on any atom is 0.114 e. The first-order chi connectivity index (χ1) is 13.8. The molecule has 0 N–H and O–H groups in total. The average molecular weight is 370 g/mol. The number of hydrogen-bond acceptors (Lipinski definition) is 0. The fourth-order valence-electron chi connectivity index (χ4n) is 5.90. The normalized spacial score (nSPS) is 17.0. The Morgan fingerprint density at radius 1 is 0.586 bits per heavy atom. The summed E-state index contributed by atoms with van der Waals surface area (Å²) in [7, 11) is 6.67. The highest BCUT2D eigenvalue weighted by atomic mass is 14.4. The van der Waals surface area contributed by atoms with E-state index in [0.717, 1.165) is 5.46 Å². The molecule has 0 bridgehead atoms. The third-order valence-electron chi connectivity index (χ3n) is 7.42. The Balaban J connectivity index is 1.88. The standard InChI is InChI=1S/C28H23B/c1-27(2)19-11-7-5-9-16(19)24-21(27)14-13-18-23(29)15-22-25(26(18)24)17-10-6-8-12-20(17)28(22,3)4/h5-15H,1-4H3. The second-order valence-corrected chi connectivity index (χ2v) is 9.64. The maximum absolute atomic E-state index is 6.67. The van der Waals surface area contributed by atoms with E-state index in [1.807, 2.05) is 0 Å². The molecule has 2 radical (unpaired) electrons. The third kappa shape index (κ3) is 1.91. The molecule has 1 heteroatoms. The van der Waals surface area contributed by atoms with E-state index in [-0.39, 0.29) is 10.8 Å². The van der Waals surface area contributed by atoms with Crippen LogP contribution in [0.1, 0.15) is 49.9 Å². The van der Waals surface area contributed by atoms with Gasteiger partial charge in [-0.15, -0.1) is 0 Å². The van der Waals surface area contributed by atoms with Gasteiger partial charge < -0.3 is 0 Å². The molecule has 0 heterocycles. The van der Waals surface area contributed by atoms with Gasteiger partial charge in [0.2, 0.25) is 0 Å². The Kier molecular flexibility index (Phi) is 3.08. The highest BCUT2D eigenvalue weighted by Gasteiger charge is 2.40. The van der Waals surface area contributed by atoms with Crippen LogP contribution in [0, 0.1) is 0 Å². The van der Waals surface area contributed by atoms with Gasteiger partial charge in [-0.1, -0.05) is 99.9 Å². The van der Waals surface area contributed by atoms with E-state index in [9.17, 15) is 0 Å². The van der Waals surface area contributed by atoms with Crippen molar-refractivity contribution >= 4 is 24.1 Å². The molecule has 0 nitrogen and oxygen atoms in total. The van der Waals surface area contributed by atoms with Crippen molar-refractivity contribution < 1.29 is 0 Å². The van der Waals surface area contributed by atoms with Gasteiger partial charge in [-0.25, -0.2) is 0 Å². The van der Waals surface area contributed by atoms with Crippen LogP contribution in [0.2, 0.25) is 0 Å². The molecule has 6 rings (SSSR count). The average Bonchev–Trinajstić information content (AvgIpc) is 3.08. The first kappa shape index (κ1) is 17.1. The van der Waals surface area contributed by atoms with Crippen molar-refractivity contribution in [3.8, 4) is 22.3 Å². The zero-order valence-electron chi connectivity index (χ0n) is 17.4. The molecular weight excluding hydrogens is 347 g/mol. The lowest BCUT2D eigenvalue weighted by Crippen LogP contribution is -2.18. The zero-order chi connectivity index (χ0) is 20.1. The fraction of sp³-hybridized carbons (Fsp3) is 0.214. The van der Waals surface area contributed by atoms with Crippen LogP contribution in [-0.4, -0.2) is 7.85 Å². The first-order valence-electron chi connectivity index (χ1n) is 10.4. The Hall–Kier alpha value is -2.80. The second-order valence-electron chi connectivity index (χ2n) is 9.64. The van der Waals surface area contributed by atoms with Crippen molar-refractivity contribution in [3.63, 3.8) is 0 Å². The van der Waals surface area contributed by atoms with Gasteiger partial charge in [-0.05, 0) is 55.3 Å². The summed E-state index contributed by atoms with van der Waals surface area (Å²) in [6.45, 7) is 9.33. The van der Waals surface area contributed by atoms with Gasteiger partial charge in [0.25, 0.3) is 0 Å². The van der Waals surface area contributed by atoms with Crippen LogP contribution in [0.4, 0.5) is 0 Å².